The lowest BCUT2D eigenvalue weighted by molar-refractivity contribution is 0.0755. The number of aromatic nitrogens is 1. The van der Waals surface area contributed by atoms with Crippen LogP contribution in [0.25, 0.3) is 0 Å². The largest absolute Gasteiger partial charge is 0.396 e. The smallest absolute Gasteiger partial charge is 0.270 e. The van der Waals surface area contributed by atoms with E-state index in [-0.39, 0.29) is 18.2 Å². The SMILES string of the molecule is NC(=O)c1ccc(C(=O)N2C[C@@H]3C(CO)[C@@H]3C2)[nH]1. The Bertz CT molecular complexity index is 498. The van der Waals surface area contributed by atoms with Crippen molar-refractivity contribution in [2.75, 3.05) is 19.7 Å². The Hall–Kier alpha value is -1.82. The van der Waals surface area contributed by atoms with Crippen molar-refractivity contribution in [1.29, 1.82) is 0 Å². The van der Waals surface area contributed by atoms with Crippen molar-refractivity contribution in [2.24, 2.45) is 23.5 Å². The zero-order valence-electron chi connectivity index (χ0n) is 9.80. The molecule has 96 valence electrons. The van der Waals surface area contributed by atoms with Gasteiger partial charge < -0.3 is 20.7 Å². The van der Waals surface area contributed by atoms with Gasteiger partial charge in [0.25, 0.3) is 11.8 Å². The van der Waals surface area contributed by atoms with E-state index in [1.165, 1.54) is 6.07 Å². The molecule has 2 aliphatic rings. The quantitative estimate of drug-likeness (QED) is 0.668. The molecule has 1 aromatic rings. The van der Waals surface area contributed by atoms with Gasteiger partial charge in [-0.2, -0.15) is 0 Å². The summed E-state index contributed by atoms with van der Waals surface area (Å²) in [6.45, 7) is 1.60. The third-order valence-electron chi connectivity index (χ3n) is 4.05. The highest BCUT2D eigenvalue weighted by atomic mass is 16.3. The summed E-state index contributed by atoms with van der Waals surface area (Å²) < 4.78 is 0. The van der Waals surface area contributed by atoms with E-state index in [0.29, 0.717) is 36.5 Å². The third kappa shape index (κ3) is 1.60. The molecule has 6 nitrogen and oxygen atoms in total. The first-order valence-corrected chi connectivity index (χ1v) is 6.00. The summed E-state index contributed by atoms with van der Waals surface area (Å²) in [4.78, 5) is 27.6. The number of aromatic amines is 1. The van der Waals surface area contributed by atoms with Crippen molar-refractivity contribution in [3.05, 3.63) is 23.5 Å². The number of hydrogen-bond acceptors (Lipinski definition) is 3. The van der Waals surface area contributed by atoms with Crippen LogP contribution in [-0.2, 0) is 0 Å². The fourth-order valence-electron chi connectivity index (χ4n) is 2.92. The molecule has 6 heteroatoms. The first-order chi connectivity index (χ1) is 8.61. The maximum absolute atomic E-state index is 12.1. The van der Waals surface area contributed by atoms with Gasteiger partial charge in [-0.05, 0) is 29.9 Å². The van der Waals surface area contributed by atoms with Gasteiger partial charge in [0.1, 0.15) is 11.4 Å². The van der Waals surface area contributed by atoms with E-state index in [0.717, 1.165) is 0 Å². The first kappa shape index (κ1) is 11.3. The standard InChI is InChI=1S/C12H15N3O3/c13-11(17)9-1-2-10(14-9)12(18)15-3-6-7(4-15)8(6)5-16/h1-2,6-8,14,16H,3-5H2,(H2,13,17)/t6-,7+,8?. The van der Waals surface area contributed by atoms with Crippen LogP contribution in [0.2, 0.25) is 0 Å². The van der Waals surface area contributed by atoms with Gasteiger partial charge in [-0.25, -0.2) is 0 Å². The van der Waals surface area contributed by atoms with Crippen LogP contribution < -0.4 is 5.73 Å². The topological polar surface area (TPSA) is 99.4 Å². The van der Waals surface area contributed by atoms with Crippen molar-refractivity contribution in [3.63, 3.8) is 0 Å². The zero-order chi connectivity index (χ0) is 12.9. The average Bonchev–Trinajstić information content (AvgIpc) is 2.79. The molecule has 3 atom stereocenters. The minimum absolute atomic E-state index is 0.105. The van der Waals surface area contributed by atoms with E-state index in [4.69, 9.17) is 10.8 Å². The Kier molecular flexibility index (Phi) is 2.41. The van der Waals surface area contributed by atoms with Crippen LogP contribution >= 0.6 is 0 Å². The summed E-state index contributed by atoms with van der Waals surface area (Å²) in [5.41, 5.74) is 5.76. The number of fused-ring (bicyclic) bond motifs is 1. The van der Waals surface area contributed by atoms with Gasteiger partial charge in [0.2, 0.25) is 0 Å². The summed E-state index contributed by atoms with van der Waals surface area (Å²) in [5.74, 6) is 0.595. The van der Waals surface area contributed by atoms with Crippen LogP contribution in [0.4, 0.5) is 0 Å². The number of nitrogens with one attached hydrogen (secondary N) is 1. The highest BCUT2D eigenvalue weighted by molar-refractivity contribution is 5.96. The number of piperidine rings is 1. The number of primary amides is 1. The number of aliphatic hydroxyl groups excluding tert-OH is 1. The molecular weight excluding hydrogens is 234 g/mol. The molecule has 2 amide bonds. The minimum Gasteiger partial charge on any atom is -0.396 e. The number of rotatable bonds is 3. The highest BCUT2D eigenvalue weighted by Crippen LogP contribution is 2.51. The van der Waals surface area contributed by atoms with E-state index in [1.807, 2.05) is 0 Å². The average molecular weight is 249 g/mol. The molecule has 1 unspecified atom stereocenters. The molecule has 1 aliphatic heterocycles. The second-order valence-corrected chi connectivity index (χ2v) is 5.03. The number of nitrogens with two attached hydrogens (primary N) is 1. The van der Waals surface area contributed by atoms with Crippen molar-refractivity contribution < 1.29 is 14.7 Å². The summed E-state index contributed by atoms with van der Waals surface area (Å²) in [6, 6.07) is 3.10. The Balaban J connectivity index is 1.67. The number of nitrogens with zero attached hydrogens (tertiary/aromatic N) is 1. The van der Waals surface area contributed by atoms with Crippen molar-refractivity contribution in [1.82, 2.24) is 9.88 Å². The fourth-order valence-corrected chi connectivity index (χ4v) is 2.92. The number of amides is 2. The minimum atomic E-state index is -0.571. The number of aliphatic hydroxyl groups is 1. The van der Waals surface area contributed by atoms with Gasteiger partial charge in [0.05, 0.1) is 0 Å². The second kappa shape index (κ2) is 3.84. The lowest BCUT2D eigenvalue weighted by Crippen LogP contribution is -2.32. The number of carbonyl (C=O) groups is 2. The molecule has 0 aromatic carbocycles. The van der Waals surface area contributed by atoms with Crippen molar-refractivity contribution in [2.45, 2.75) is 0 Å². The maximum Gasteiger partial charge on any atom is 0.270 e. The lowest BCUT2D eigenvalue weighted by Gasteiger charge is -2.18. The fraction of sp³-hybridized carbons (Fsp3) is 0.500. The van der Waals surface area contributed by atoms with Gasteiger partial charge in [-0.15, -0.1) is 0 Å². The molecule has 0 spiro atoms. The summed E-state index contributed by atoms with van der Waals surface area (Å²) in [7, 11) is 0. The van der Waals surface area contributed by atoms with E-state index in [2.05, 4.69) is 4.98 Å². The van der Waals surface area contributed by atoms with Crippen LogP contribution in [0.3, 0.4) is 0 Å². The van der Waals surface area contributed by atoms with E-state index in [1.54, 1.807) is 11.0 Å². The monoisotopic (exact) mass is 249 g/mol. The molecule has 2 heterocycles. The highest BCUT2D eigenvalue weighted by Gasteiger charge is 2.56. The molecule has 0 radical (unpaired) electrons. The van der Waals surface area contributed by atoms with Crippen LogP contribution in [0.5, 0.6) is 0 Å². The normalized spacial score (nSPS) is 29.2. The molecule has 2 fully saturated rings. The maximum atomic E-state index is 12.1. The molecule has 1 saturated heterocycles. The second-order valence-electron chi connectivity index (χ2n) is 5.03. The number of carbonyl (C=O) groups excluding carboxylic acids is 2. The van der Waals surface area contributed by atoms with Crippen LogP contribution in [-0.4, -0.2) is 46.5 Å². The molecule has 3 rings (SSSR count). The Morgan fingerprint density at radius 1 is 1.33 bits per heavy atom. The predicted molar refractivity (Wildman–Crippen MR) is 62.8 cm³/mol. The molecule has 1 aliphatic carbocycles. The molecule has 18 heavy (non-hydrogen) atoms. The number of hydrogen-bond donors (Lipinski definition) is 3. The predicted octanol–water partition coefficient (Wildman–Crippen LogP) is -0.576. The zero-order valence-corrected chi connectivity index (χ0v) is 9.80. The van der Waals surface area contributed by atoms with Crippen molar-refractivity contribution in [3.8, 4) is 0 Å². The number of H-pyrrole nitrogens is 1. The van der Waals surface area contributed by atoms with Crippen LogP contribution in [0.1, 0.15) is 21.0 Å². The summed E-state index contributed by atoms with van der Waals surface area (Å²) in [6.07, 6.45) is 0. The summed E-state index contributed by atoms with van der Waals surface area (Å²) in [5, 5.41) is 9.06. The molecule has 1 aromatic heterocycles. The Labute approximate surface area is 104 Å². The molecular formula is C12H15N3O3. The third-order valence-corrected chi connectivity index (χ3v) is 4.05. The van der Waals surface area contributed by atoms with E-state index >= 15 is 0 Å². The van der Waals surface area contributed by atoms with Gasteiger partial charge in [-0.1, -0.05) is 0 Å². The number of likely N-dealkylation sites (tertiary alicyclic amines) is 1. The van der Waals surface area contributed by atoms with Gasteiger partial charge >= 0.3 is 0 Å². The Morgan fingerprint density at radius 3 is 2.44 bits per heavy atom. The Morgan fingerprint density at radius 2 is 1.94 bits per heavy atom. The lowest BCUT2D eigenvalue weighted by atomic mass is 10.2. The van der Waals surface area contributed by atoms with Gasteiger partial charge in [0, 0.05) is 19.7 Å². The van der Waals surface area contributed by atoms with Crippen LogP contribution in [0.15, 0.2) is 12.1 Å². The first-order valence-electron chi connectivity index (χ1n) is 6.00. The van der Waals surface area contributed by atoms with Crippen LogP contribution in [0, 0.1) is 17.8 Å². The summed E-state index contributed by atoms with van der Waals surface area (Å²) >= 11 is 0. The molecule has 1 saturated carbocycles. The van der Waals surface area contributed by atoms with Crippen molar-refractivity contribution >= 4 is 11.8 Å². The van der Waals surface area contributed by atoms with Gasteiger partial charge in [0.15, 0.2) is 0 Å². The molecule has 4 N–H and O–H groups in total. The van der Waals surface area contributed by atoms with E-state index < -0.39 is 5.91 Å². The van der Waals surface area contributed by atoms with E-state index in [9.17, 15) is 9.59 Å². The van der Waals surface area contributed by atoms with Gasteiger partial charge in [-0.3, -0.25) is 9.59 Å². The molecule has 0 bridgehead atoms.